The number of hydrogen-bond donors (Lipinski definition) is 0. The van der Waals surface area contributed by atoms with E-state index < -0.39 is 0 Å². The van der Waals surface area contributed by atoms with E-state index in [2.05, 4.69) is 82.5 Å². The van der Waals surface area contributed by atoms with Crippen LogP contribution in [-0.2, 0) is 4.79 Å². The molecule has 1 aliphatic carbocycles. The van der Waals surface area contributed by atoms with Crippen molar-refractivity contribution in [1.29, 1.82) is 0 Å². The van der Waals surface area contributed by atoms with Crippen LogP contribution in [0.25, 0.3) is 5.57 Å². The minimum Gasteiger partial charge on any atom is -0.289 e. The number of benzene rings is 2. The molecule has 0 bridgehead atoms. The van der Waals surface area contributed by atoms with Crippen LogP contribution in [0, 0.1) is 0 Å². The first-order valence-electron chi connectivity index (χ1n) is 10.7. The summed E-state index contributed by atoms with van der Waals surface area (Å²) in [4.78, 5) is 10.6. The van der Waals surface area contributed by atoms with Crippen LogP contribution >= 0.6 is 0 Å². The van der Waals surface area contributed by atoms with Gasteiger partial charge >= 0.3 is 0 Å². The molecule has 0 atom stereocenters. The quantitative estimate of drug-likeness (QED) is 0.363. The summed E-state index contributed by atoms with van der Waals surface area (Å²) in [5, 5.41) is 0. The second-order valence-corrected chi connectivity index (χ2v) is 7.90. The molecule has 0 saturated carbocycles. The lowest BCUT2D eigenvalue weighted by molar-refractivity contribution is -0.113. The van der Waals surface area contributed by atoms with Crippen molar-refractivity contribution in [2.24, 2.45) is 0 Å². The molecule has 0 fully saturated rings. The van der Waals surface area contributed by atoms with E-state index in [1.165, 1.54) is 16.7 Å². The summed E-state index contributed by atoms with van der Waals surface area (Å²) in [5.41, 5.74) is 7.49. The van der Waals surface area contributed by atoms with Crippen molar-refractivity contribution in [1.82, 2.24) is 0 Å². The fourth-order valence-corrected chi connectivity index (χ4v) is 2.89. The van der Waals surface area contributed by atoms with Gasteiger partial charge in [-0.2, -0.15) is 0 Å². The van der Waals surface area contributed by atoms with Gasteiger partial charge in [0.15, 0.2) is 5.78 Å². The lowest BCUT2D eigenvalue weighted by atomic mass is 9.85. The molecular weight excluding hydrogens is 376 g/mol. The number of carbonyl (C=O) groups excluding carboxylic acids is 1. The van der Waals surface area contributed by atoms with Crippen LogP contribution in [0.1, 0.15) is 58.6 Å². The number of allylic oxidation sites excluding steroid dienone is 8. The SMILES string of the molecule is C=C(/C=C(C)\C=C/C)c1ccccc1.C=C1C(=O)C(C)=C1C.CC(C)c1ccccc1. The summed E-state index contributed by atoms with van der Waals surface area (Å²) in [6.45, 7) is 19.8. The van der Waals surface area contributed by atoms with Gasteiger partial charge in [0.25, 0.3) is 0 Å². The maximum atomic E-state index is 10.6. The topological polar surface area (TPSA) is 17.1 Å². The van der Waals surface area contributed by atoms with Gasteiger partial charge in [0.2, 0.25) is 0 Å². The number of hydrogen-bond acceptors (Lipinski definition) is 1. The summed E-state index contributed by atoms with van der Waals surface area (Å²) in [6.07, 6.45) is 6.20. The number of carbonyl (C=O) groups is 1. The zero-order valence-corrected chi connectivity index (χ0v) is 19.9. The van der Waals surface area contributed by atoms with Crippen LogP contribution in [-0.4, -0.2) is 5.78 Å². The van der Waals surface area contributed by atoms with Crippen LogP contribution in [0.3, 0.4) is 0 Å². The Balaban J connectivity index is 0.000000245. The van der Waals surface area contributed by atoms with E-state index in [1.807, 2.05) is 51.1 Å². The molecule has 0 aliphatic heterocycles. The molecule has 2 aromatic rings. The van der Waals surface area contributed by atoms with E-state index in [0.29, 0.717) is 11.5 Å². The molecule has 3 rings (SSSR count). The zero-order chi connectivity index (χ0) is 23.4. The highest BCUT2D eigenvalue weighted by atomic mass is 16.1. The Hall–Kier alpha value is -3.19. The summed E-state index contributed by atoms with van der Waals surface area (Å²) in [7, 11) is 0. The van der Waals surface area contributed by atoms with Gasteiger partial charge in [0, 0.05) is 11.1 Å². The molecule has 0 amide bonds. The number of ketones is 1. The van der Waals surface area contributed by atoms with Gasteiger partial charge < -0.3 is 0 Å². The van der Waals surface area contributed by atoms with Crippen LogP contribution in [0.4, 0.5) is 0 Å². The van der Waals surface area contributed by atoms with Crippen molar-refractivity contribution in [3.63, 3.8) is 0 Å². The van der Waals surface area contributed by atoms with Crippen LogP contribution in [0.5, 0.6) is 0 Å². The predicted octanol–water partition coefficient (Wildman–Crippen LogP) is 8.49. The number of Topliss-reactive ketones (excluding diaryl/α,β-unsaturated/α-hetero) is 1. The average molecular weight is 413 g/mol. The second kappa shape index (κ2) is 13.2. The first kappa shape index (κ1) is 25.8. The van der Waals surface area contributed by atoms with Crippen molar-refractivity contribution < 1.29 is 4.79 Å². The minimum absolute atomic E-state index is 0.127. The molecule has 0 spiro atoms. The molecule has 0 unspecified atom stereocenters. The average Bonchev–Trinajstić information content (AvgIpc) is 2.79. The Bertz CT molecular complexity index is 946. The highest BCUT2D eigenvalue weighted by molar-refractivity contribution is 6.18. The Morgan fingerprint density at radius 2 is 1.42 bits per heavy atom. The summed E-state index contributed by atoms with van der Waals surface area (Å²) >= 11 is 0. The Labute approximate surface area is 189 Å². The molecule has 1 heteroatoms. The summed E-state index contributed by atoms with van der Waals surface area (Å²) in [5.74, 6) is 0.786. The third-order valence-corrected chi connectivity index (χ3v) is 5.07. The third-order valence-electron chi connectivity index (χ3n) is 5.07. The van der Waals surface area contributed by atoms with E-state index >= 15 is 0 Å². The predicted molar refractivity (Wildman–Crippen MR) is 137 cm³/mol. The normalized spacial score (nSPS) is 13.3. The lowest BCUT2D eigenvalue weighted by Gasteiger charge is -2.17. The molecule has 0 radical (unpaired) electrons. The molecule has 0 heterocycles. The van der Waals surface area contributed by atoms with Crippen molar-refractivity contribution in [3.8, 4) is 0 Å². The van der Waals surface area contributed by atoms with E-state index in [0.717, 1.165) is 16.7 Å². The fourth-order valence-electron chi connectivity index (χ4n) is 2.89. The second-order valence-electron chi connectivity index (χ2n) is 7.90. The van der Waals surface area contributed by atoms with E-state index in [-0.39, 0.29) is 5.78 Å². The maximum absolute atomic E-state index is 10.6. The first-order valence-corrected chi connectivity index (χ1v) is 10.7. The monoisotopic (exact) mass is 412 g/mol. The van der Waals surface area contributed by atoms with E-state index in [9.17, 15) is 4.79 Å². The molecule has 0 N–H and O–H groups in total. The maximum Gasteiger partial charge on any atom is 0.188 e. The zero-order valence-electron chi connectivity index (χ0n) is 19.9. The van der Waals surface area contributed by atoms with Crippen LogP contribution in [0.15, 0.2) is 114 Å². The van der Waals surface area contributed by atoms with Gasteiger partial charge in [-0.25, -0.2) is 0 Å². The Morgan fingerprint density at radius 1 is 0.903 bits per heavy atom. The minimum atomic E-state index is 0.127. The smallest absolute Gasteiger partial charge is 0.188 e. The van der Waals surface area contributed by atoms with Gasteiger partial charge in [-0.05, 0) is 55.9 Å². The highest BCUT2D eigenvalue weighted by Crippen LogP contribution is 2.26. The standard InChI is InChI=1S/C14H16.C9H12.C7H8O/c1-4-8-12(2)11-13(3)14-9-6-5-7-10-14;1-8(2)9-6-4-3-5-7-9;1-4-5(2)7(8)6(4)3/h4-11H,3H2,1-2H3;3-8H,1-2H3;2H2,1,3H3/b8-4-,12-11-;;. The molecule has 1 aliphatic rings. The number of rotatable bonds is 4. The van der Waals surface area contributed by atoms with Crippen LogP contribution in [0.2, 0.25) is 0 Å². The molecule has 31 heavy (non-hydrogen) atoms. The Morgan fingerprint density at radius 3 is 1.77 bits per heavy atom. The van der Waals surface area contributed by atoms with Crippen molar-refractivity contribution in [2.75, 3.05) is 0 Å². The van der Waals surface area contributed by atoms with Crippen molar-refractivity contribution >= 4 is 11.4 Å². The largest absolute Gasteiger partial charge is 0.289 e. The highest BCUT2D eigenvalue weighted by Gasteiger charge is 2.23. The molecule has 1 nitrogen and oxygen atoms in total. The summed E-state index contributed by atoms with van der Waals surface area (Å²) in [6, 6.07) is 20.7. The first-order chi connectivity index (χ1) is 14.7. The van der Waals surface area contributed by atoms with Crippen molar-refractivity contribution in [2.45, 2.75) is 47.5 Å². The molecular formula is C30H36O. The molecule has 0 aromatic heterocycles. The van der Waals surface area contributed by atoms with Gasteiger partial charge in [0.05, 0.1) is 0 Å². The van der Waals surface area contributed by atoms with Gasteiger partial charge in [-0.1, -0.05) is 111 Å². The third kappa shape index (κ3) is 8.60. The van der Waals surface area contributed by atoms with E-state index in [1.54, 1.807) is 0 Å². The van der Waals surface area contributed by atoms with Crippen LogP contribution < -0.4 is 0 Å². The summed E-state index contributed by atoms with van der Waals surface area (Å²) < 4.78 is 0. The van der Waals surface area contributed by atoms with Crippen molar-refractivity contribution in [3.05, 3.63) is 125 Å². The Kier molecular flexibility index (Phi) is 11.0. The molecule has 2 aromatic carbocycles. The molecule has 162 valence electrons. The molecule has 0 saturated heterocycles. The van der Waals surface area contributed by atoms with Gasteiger partial charge in [0.1, 0.15) is 0 Å². The van der Waals surface area contributed by atoms with Gasteiger partial charge in [-0.3, -0.25) is 4.79 Å². The lowest BCUT2D eigenvalue weighted by Crippen LogP contribution is -2.16. The fraction of sp³-hybridized carbons (Fsp3) is 0.233. The van der Waals surface area contributed by atoms with Gasteiger partial charge in [-0.15, -0.1) is 0 Å². The van der Waals surface area contributed by atoms with E-state index in [4.69, 9.17) is 0 Å².